The maximum Gasteiger partial charge on any atom is 0.375 e. The predicted octanol–water partition coefficient (Wildman–Crippen LogP) is 1.26. The average molecular weight is 254 g/mol. The largest absolute Gasteiger partial charge is 0.493 e. The Morgan fingerprint density at radius 1 is 1.44 bits per heavy atom. The molecule has 0 aromatic carbocycles. The molecule has 0 saturated heterocycles. The van der Waals surface area contributed by atoms with Gasteiger partial charge in [-0.2, -0.15) is 0 Å². The first-order valence-corrected chi connectivity index (χ1v) is 5.84. The Morgan fingerprint density at radius 2 is 2.06 bits per heavy atom. The normalized spacial score (nSPS) is 22.1. The Hall–Kier alpha value is -1.65. The number of Topliss-reactive ketones (excluding diaryl/α,β-unsaturated/α-hetero) is 2. The van der Waals surface area contributed by atoms with E-state index in [0.29, 0.717) is 6.42 Å². The summed E-state index contributed by atoms with van der Waals surface area (Å²) in [6.07, 6.45) is 2.15. The van der Waals surface area contributed by atoms with E-state index in [9.17, 15) is 14.4 Å². The molecule has 0 N–H and O–H groups in total. The molecule has 18 heavy (non-hydrogen) atoms. The Balaban J connectivity index is 3.04. The molecular formula is C13H18O5. The second-order valence-electron chi connectivity index (χ2n) is 4.85. The molecular weight excluding hydrogens is 236 g/mol. The fraction of sp³-hybridized carbons (Fsp3) is 0.615. The zero-order chi connectivity index (χ0) is 13.9. The predicted molar refractivity (Wildman–Crippen MR) is 63.6 cm³/mol. The smallest absolute Gasteiger partial charge is 0.375 e. The molecule has 1 aliphatic rings. The van der Waals surface area contributed by atoms with Gasteiger partial charge in [-0.25, -0.2) is 4.79 Å². The van der Waals surface area contributed by atoms with Crippen molar-refractivity contribution in [1.82, 2.24) is 0 Å². The summed E-state index contributed by atoms with van der Waals surface area (Å²) in [5, 5.41) is 0. The second-order valence-corrected chi connectivity index (χ2v) is 4.85. The van der Waals surface area contributed by atoms with Crippen LogP contribution in [0.1, 0.15) is 27.2 Å². The minimum absolute atomic E-state index is 0.110. The summed E-state index contributed by atoms with van der Waals surface area (Å²) in [7, 11) is 1.37. The van der Waals surface area contributed by atoms with E-state index < -0.39 is 28.9 Å². The van der Waals surface area contributed by atoms with Gasteiger partial charge in [-0.05, 0) is 24.8 Å². The van der Waals surface area contributed by atoms with Crippen LogP contribution in [0.5, 0.6) is 0 Å². The van der Waals surface area contributed by atoms with Crippen LogP contribution in [0.4, 0.5) is 0 Å². The van der Waals surface area contributed by atoms with Crippen LogP contribution in [0.3, 0.4) is 0 Å². The fourth-order valence-corrected chi connectivity index (χ4v) is 2.05. The number of carbonyl (C=O) groups is 3. The summed E-state index contributed by atoms with van der Waals surface area (Å²) in [5.74, 6) is -3.10. The third-order valence-corrected chi connectivity index (χ3v) is 3.06. The van der Waals surface area contributed by atoms with Crippen molar-refractivity contribution in [2.75, 3.05) is 13.7 Å². The molecule has 0 spiro atoms. The van der Waals surface area contributed by atoms with E-state index in [0.717, 1.165) is 0 Å². The van der Waals surface area contributed by atoms with E-state index in [4.69, 9.17) is 4.74 Å². The van der Waals surface area contributed by atoms with E-state index in [-0.39, 0.29) is 12.4 Å². The first kappa shape index (κ1) is 14.4. The van der Waals surface area contributed by atoms with Gasteiger partial charge in [-0.15, -0.1) is 0 Å². The van der Waals surface area contributed by atoms with Crippen LogP contribution >= 0.6 is 0 Å². The molecule has 100 valence electrons. The van der Waals surface area contributed by atoms with Crippen molar-refractivity contribution in [2.24, 2.45) is 11.3 Å². The summed E-state index contributed by atoms with van der Waals surface area (Å²) >= 11 is 0. The van der Waals surface area contributed by atoms with Gasteiger partial charge >= 0.3 is 5.97 Å². The van der Waals surface area contributed by atoms with Gasteiger partial charge < -0.3 is 9.47 Å². The molecule has 0 unspecified atom stereocenters. The van der Waals surface area contributed by atoms with Gasteiger partial charge in [0.1, 0.15) is 5.92 Å². The fourth-order valence-electron chi connectivity index (χ4n) is 2.05. The lowest BCUT2D eigenvalue weighted by molar-refractivity contribution is -0.159. The molecule has 5 nitrogen and oxygen atoms in total. The molecule has 0 fully saturated rings. The Bertz CT molecular complexity index is 406. The maximum atomic E-state index is 12.1. The van der Waals surface area contributed by atoms with E-state index >= 15 is 0 Å². The van der Waals surface area contributed by atoms with Crippen LogP contribution < -0.4 is 0 Å². The number of rotatable bonds is 4. The van der Waals surface area contributed by atoms with Crippen LogP contribution in [0.2, 0.25) is 0 Å². The van der Waals surface area contributed by atoms with E-state index in [1.54, 1.807) is 26.8 Å². The number of hydrogen-bond acceptors (Lipinski definition) is 5. The SMILES string of the molecule is CCOC(=O)C(=O)[C@H]1C(=O)C(OC)=CCC1(C)C. The van der Waals surface area contributed by atoms with Crippen molar-refractivity contribution in [3.8, 4) is 0 Å². The van der Waals surface area contributed by atoms with E-state index in [2.05, 4.69) is 4.74 Å². The Morgan fingerprint density at radius 3 is 2.56 bits per heavy atom. The number of allylic oxidation sites excluding steroid dienone is 2. The number of methoxy groups -OCH3 is 1. The first-order chi connectivity index (χ1) is 8.35. The summed E-state index contributed by atoms with van der Waals surface area (Å²) < 4.78 is 9.59. The molecule has 0 aliphatic heterocycles. The molecule has 0 bridgehead atoms. The Kier molecular flexibility index (Phi) is 4.27. The zero-order valence-corrected chi connectivity index (χ0v) is 11.1. The highest BCUT2D eigenvalue weighted by atomic mass is 16.5. The first-order valence-electron chi connectivity index (χ1n) is 5.84. The van der Waals surface area contributed by atoms with Gasteiger partial charge in [-0.1, -0.05) is 13.8 Å². The number of esters is 1. The molecule has 1 aliphatic carbocycles. The number of hydrogen-bond donors (Lipinski definition) is 0. The molecule has 0 heterocycles. The van der Waals surface area contributed by atoms with Gasteiger partial charge in [0.15, 0.2) is 5.76 Å². The highest BCUT2D eigenvalue weighted by Gasteiger charge is 2.47. The van der Waals surface area contributed by atoms with Crippen LogP contribution in [-0.4, -0.2) is 31.3 Å². The van der Waals surface area contributed by atoms with E-state index in [1.165, 1.54) is 7.11 Å². The summed E-state index contributed by atoms with van der Waals surface area (Å²) in [6.45, 7) is 5.27. The topological polar surface area (TPSA) is 69.7 Å². The maximum absolute atomic E-state index is 12.1. The van der Waals surface area contributed by atoms with Crippen molar-refractivity contribution < 1.29 is 23.9 Å². The second kappa shape index (κ2) is 5.33. The summed E-state index contributed by atoms with van der Waals surface area (Å²) in [6, 6.07) is 0. The Labute approximate surface area is 106 Å². The minimum Gasteiger partial charge on any atom is -0.493 e. The van der Waals surface area contributed by atoms with Crippen molar-refractivity contribution >= 4 is 17.5 Å². The minimum atomic E-state index is -1.03. The van der Waals surface area contributed by atoms with Crippen LogP contribution in [-0.2, 0) is 23.9 Å². The monoisotopic (exact) mass is 254 g/mol. The number of carbonyl (C=O) groups excluding carboxylic acids is 3. The van der Waals surface area contributed by atoms with Crippen LogP contribution in [0, 0.1) is 11.3 Å². The highest BCUT2D eigenvalue weighted by molar-refractivity contribution is 6.39. The average Bonchev–Trinajstić information content (AvgIpc) is 2.28. The lowest BCUT2D eigenvalue weighted by Crippen LogP contribution is -2.44. The van der Waals surface area contributed by atoms with Crippen molar-refractivity contribution in [1.29, 1.82) is 0 Å². The lowest BCUT2D eigenvalue weighted by atomic mass is 9.68. The standard InChI is InChI=1S/C13H18O5/c1-5-18-12(16)11(15)9-10(14)8(17-4)6-7-13(9,2)3/h6,9H,5,7H2,1-4H3/t9-/m1/s1. The summed E-state index contributed by atoms with van der Waals surface area (Å²) in [5.41, 5.74) is -0.608. The number of ketones is 2. The molecule has 1 rings (SSSR count). The highest BCUT2D eigenvalue weighted by Crippen LogP contribution is 2.38. The van der Waals surface area contributed by atoms with Gasteiger partial charge in [-0.3, -0.25) is 9.59 Å². The van der Waals surface area contributed by atoms with Crippen molar-refractivity contribution in [3.05, 3.63) is 11.8 Å². The number of ether oxygens (including phenoxy) is 2. The molecule has 0 amide bonds. The molecule has 0 saturated carbocycles. The zero-order valence-electron chi connectivity index (χ0n) is 11.1. The van der Waals surface area contributed by atoms with Crippen molar-refractivity contribution in [3.63, 3.8) is 0 Å². The van der Waals surface area contributed by atoms with E-state index in [1.807, 2.05) is 0 Å². The van der Waals surface area contributed by atoms with Crippen LogP contribution in [0.15, 0.2) is 11.8 Å². The van der Waals surface area contributed by atoms with Crippen molar-refractivity contribution in [2.45, 2.75) is 27.2 Å². The third kappa shape index (κ3) is 2.60. The lowest BCUT2D eigenvalue weighted by Gasteiger charge is -2.34. The van der Waals surface area contributed by atoms with Crippen LogP contribution in [0.25, 0.3) is 0 Å². The van der Waals surface area contributed by atoms with Gasteiger partial charge in [0.25, 0.3) is 5.78 Å². The molecule has 1 atom stereocenters. The molecule has 0 aromatic heterocycles. The molecule has 5 heteroatoms. The van der Waals surface area contributed by atoms with Gasteiger partial charge in [0.05, 0.1) is 13.7 Å². The summed E-state index contributed by atoms with van der Waals surface area (Å²) in [4.78, 5) is 35.6. The molecule has 0 aromatic rings. The van der Waals surface area contributed by atoms with Gasteiger partial charge in [0, 0.05) is 0 Å². The molecule has 0 radical (unpaired) electrons. The third-order valence-electron chi connectivity index (χ3n) is 3.06. The van der Waals surface area contributed by atoms with Gasteiger partial charge in [0.2, 0.25) is 5.78 Å². The quantitative estimate of drug-likeness (QED) is 0.429.